The van der Waals surface area contributed by atoms with Gasteiger partial charge in [0.15, 0.2) is 0 Å². The molecule has 2 aromatic heterocycles. The molecule has 4 rings (SSSR count). The summed E-state index contributed by atoms with van der Waals surface area (Å²) in [5.41, 5.74) is 0.964. The Hall–Kier alpha value is -3.06. The second-order valence-corrected chi connectivity index (χ2v) is 6.81. The first-order chi connectivity index (χ1) is 13.0. The van der Waals surface area contributed by atoms with Gasteiger partial charge in [0, 0.05) is 10.0 Å². The molecule has 2 heterocycles. The first-order valence-electron chi connectivity index (χ1n) is 8.10. The predicted octanol–water partition coefficient (Wildman–Crippen LogP) is 4.75. The van der Waals surface area contributed by atoms with Gasteiger partial charge in [0.25, 0.3) is 5.56 Å². The lowest BCUT2D eigenvalue weighted by atomic mass is 10.2. The molecule has 0 radical (unpaired) electrons. The topological polar surface area (TPSA) is 60.4 Å². The fraction of sp³-hybridized carbons (Fsp3) is 0.0500. The van der Waals surface area contributed by atoms with Crippen LogP contribution in [-0.4, -0.2) is 15.9 Å². The minimum atomic E-state index is -0.338. The summed E-state index contributed by atoms with van der Waals surface area (Å²) in [4.78, 5) is 17.1. The Balaban J connectivity index is 1.70. The lowest BCUT2D eigenvalue weighted by Gasteiger charge is -2.05. The van der Waals surface area contributed by atoms with Crippen LogP contribution >= 0.6 is 15.9 Å². The van der Waals surface area contributed by atoms with Crippen molar-refractivity contribution in [1.29, 1.82) is 0 Å². The Morgan fingerprint density at radius 1 is 1.19 bits per heavy atom. The standard InChI is InChI=1S/C20H13BrFN3O2/c1-12-24-18-7-5-14(21)10-17(18)20(26)25(12)23-11-16-6-8-19(27-16)13-3-2-4-15(22)9-13/h2-11H,1H3. The molecule has 0 saturated carbocycles. The molecule has 0 saturated heterocycles. The van der Waals surface area contributed by atoms with Gasteiger partial charge in [0.05, 0.1) is 17.1 Å². The van der Waals surface area contributed by atoms with Crippen molar-refractivity contribution in [1.82, 2.24) is 9.66 Å². The second-order valence-electron chi connectivity index (χ2n) is 5.89. The van der Waals surface area contributed by atoms with Crippen molar-refractivity contribution in [2.24, 2.45) is 5.10 Å². The molecule has 0 aliphatic carbocycles. The third-order valence-corrected chi connectivity index (χ3v) is 4.50. The molecule has 2 aromatic carbocycles. The molecule has 0 amide bonds. The molecule has 0 aliphatic heterocycles. The number of hydrogen-bond donors (Lipinski definition) is 0. The average molecular weight is 426 g/mol. The molecule has 0 bridgehead atoms. The molecule has 0 unspecified atom stereocenters. The largest absolute Gasteiger partial charge is 0.455 e. The molecule has 134 valence electrons. The summed E-state index contributed by atoms with van der Waals surface area (Å²) in [5, 5.41) is 4.68. The van der Waals surface area contributed by atoms with Crippen LogP contribution < -0.4 is 5.56 Å². The van der Waals surface area contributed by atoms with Gasteiger partial charge < -0.3 is 4.42 Å². The van der Waals surface area contributed by atoms with Crippen LogP contribution in [-0.2, 0) is 0 Å². The van der Waals surface area contributed by atoms with E-state index in [4.69, 9.17) is 4.42 Å². The van der Waals surface area contributed by atoms with E-state index in [2.05, 4.69) is 26.0 Å². The Morgan fingerprint density at radius 3 is 2.85 bits per heavy atom. The molecule has 27 heavy (non-hydrogen) atoms. The monoisotopic (exact) mass is 425 g/mol. The van der Waals surface area contributed by atoms with E-state index >= 15 is 0 Å². The molecule has 5 nitrogen and oxygen atoms in total. The van der Waals surface area contributed by atoms with Crippen molar-refractivity contribution in [3.8, 4) is 11.3 Å². The Morgan fingerprint density at radius 2 is 2.04 bits per heavy atom. The predicted molar refractivity (Wildman–Crippen MR) is 106 cm³/mol. The lowest BCUT2D eigenvalue weighted by Crippen LogP contribution is -2.20. The van der Waals surface area contributed by atoms with Crippen molar-refractivity contribution in [3.05, 3.63) is 86.8 Å². The van der Waals surface area contributed by atoms with E-state index in [-0.39, 0.29) is 11.4 Å². The van der Waals surface area contributed by atoms with E-state index in [0.717, 1.165) is 4.47 Å². The van der Waals surface area contributed by atoms with Crippen LogP contribution in [0.1, 0.15) is 11.6 Å². The number of halogens is 2. The maximum absolute atomic E-state index is 13.4. The van der Waals surface area contributed by atoms with Crippen molar-refractivity contribution in [2.75, 3.05) is 0 Å². The van der Waals surface area contributed by atoms with Gasteiger partial charge in [-0.05, 0) is 49.4 Å². The summed E-state index contributed by atoms with van der Waals surface area (Å²) in [6, 6.07) is 14.9. The Kier molecular flexibility index (Phi) is 4.45. The van der Waals surface area contributed by atoms with Crippen molar-refractivity contribution >= 4 is 33.0 Å². The highest BCUT2D eigenvalue weighted by Gasteiger charge is 2.09. The van der Waals surface area contributed by atoms with E-state index in [1.54, 1.807) is 43.3 Å². The third kappa shape index (κ3) is 3.46. The lowest BCUT2D eigenvalue weighted by molar-refractivity contribution is 0.572. The van der Waals surface area contributed by atoms with E-state index in [9.17, 15) is 9.18 Å². The molecular weight excluding hydrogens is 413 g/mol. The number of aromatic nitrogens is 2. The smallest absolute Gasteiger partial charge is 0.282 e. The van der Waals surface area contributed by atoms with Gasteiger partial charge in [-0.3, -0.25) is 4.79 Å². The zero-order chi connectivity index (χ0) is 19.0. The minimum Gasteiger partial charge on any atom is -0.455 e. The number of nitrogens with zero attached hydrogens (tertiary/aromatic N) is 3. The molecule has 4 aromatic rings. The maximum atomic E-state index is 13.4. The molecule has 0 N–H and O–H groups in total. The minimum absolute atomic E-state index is 0.271. The fourth-order valence-corrected chi connectivity index (χ4v) is 3.09. The molecule has 7 heteroatoms. The van der Waals surface area contributed by atoms with Gasteiger partial charge in [-0.25, -0.2) is 9.37 Å². The van der Waals surface area contributed by atoms with Gasteiger partial charge >= 0.3 is 0 Å². The SMILES string of the molecule is Cc1nc2ccc(Br)cc2c(=O)n1N=Cc1ccc(-c2cccc(F)c2)o1. The first kappa shape index (κ1) is 17.4. The Bertz CT molecular complexity index is 1240. The highest BCUT2D eigenvalue weighted by molar-refractivity contribution is 9.10. The zero-order valence-corrected chi connectivity index (χ0v) is 15.8. The third-order valence-electron chi connectivity index (χ3n) is 4.01. The van der Waals surface area contributed by atoms with Crippen molar-refractivity contribution in [3.63, 3.8) is 0 Å². The number of hydrogen-bond acceptors (Lipinski definition) is 4. The summed E-state index contributed by atoms with van der Waals surface area (Å²) in [7, 11) is 0. The zero-order valence-electron chi connectivity index (χ0n) is 14.2. The van der Waals surface area contributed by atoms with Crippen molar-refractivity contribution in [2.45, 2.75) is 6.92 Å². The fourth-order valence-electron chi connectivity index (χ4n) is 2.73. The summed E-state index contributed by atoms with van der Waals surface area (Å²) >= 11 is 3.36. The highest BCUT2D eigenvalue weighted by Crippen LogP contribution is 2.22. The summed E-state index contributed by atoms with van der Waals surface area (Å²) in [6.07, 6.45) is 1.43. The van der Waals surface area contributed by atoms with Crippen LogP contribution in [0.3, 0.4) is 0 Å². The number of benzene rings is 2. The van der Waals surface area contributed by atoms with Gasteiger partial charge in [0.1, 0.15) is 23.2 Å². The van der Waals surface area contributed by atoms with Crippen LogP contribution in [0.5, 0.6) is 0 Å². The molecular formula is C20H13BrFN3O2. The Labute approximate surface area is 161 Å². The molecule has 0 fully saturated rings. The van der Waals surface area contributed by atoms with Crippen LogP contribution in [0.15, 0.2) is 73.4 Å². The number of fused-ring (bicyclic) bond motifs is 1. The second kappa shape index (κ2) is 6.92. The number of rotatable bonds is 3. The van der Waals surface area contributed by atoms with E-state index in [1.165, 1.54) is 23.0 Å². The van der Waals surface area contributed by atoms with Gasteiger partial charge in [0.2, 0.25) is 0 Å². The summed E-state index contributed by atoms with van der Waals surface area (Å²) in [5.74, 6) is 1.08. The summed E-state index contributed by atoms with van der Waals surface area (Å²) in [6.45, 7) is 1.71. The average Bonchev–Trinajstić information content (AvgIpc) is 3.11. The molecule has 0 spiro atoms. The normalized spacial score (nSPS) is 11.5. The number of furan rings is 1. The molecule has 0 atom stereocenters. The van der Waals surface area contributed by atoms with Crippen molar-refractivity contribution < 1.29 is 8.81 Å². The van der Waals surface area contributed by atoms with E-state index < -0.39 is 0 Å². The number of aryl methyl sites for hydroxylation is 1. The quantitative estimate of drug-likeness (QED) is 0.445. The maximum Gasteiger partial charge on any atom is 0.282 e. The van der Waals surface area contributed by atoms with E-state index in [0.29, 0.717) is 33.8 Å². The van der Waals surface area contributed by atoms with E-state index in [1.807, 2.05) is 6.07 Å². The van der Waals surface area contributed by atoms with Gasteiger partial charge in [-0.1, -0.05) is 28.1 Å². The highest BCUT2D eigenvalue weighted by atomic mass is 79.9. The van der Waals surface area contributed by atoms with Crippen LogP contribution in [0.2, 0.25) is 0 Å². The molecule has 0 aliphatic rings. The van der Waals surface area contributed by atoms with Crippen LogP contribution in [0, 0.1) is 12.7 Å². The van der Waals surface area contributed by atoms with Gasteiger partial charge in [-0.15, -0.1) is 0 Å². The summed E-state index contributed by atoms with van der Waals surface area (Å²) < 4.78 is 21.0. The van der Waals surface area contributed by atoms with Crippen LogP contribution in [0.4, 0.5) is 4.39 Å². The van der Waals surface area contributed by atoms with Gasteiger partial charge in [-0.2, -0.15) is 9.78 Å². The first-order valence-corrected chi connectivity index (χ1v) is 8.89. The van der Waals surface area contributed by atoms with Crippen LogP contribution in [0.25, 0.3) is 22.2 Å².